The summed E-state index contributed by atoms with van der Waals surface area (Å²) in [4.78, 5) is 92.1. The second-order valence-corrected chi connectivity index (χ2v) is 31.3. The summed E-state index contributed by atoms with van der Waals surface area (Å²) >= 11 is 12.4. The van der Waals surface area contributed by atoms with Crippen LogP contribution in [-0.4, -0.2) is 161 Å². The van der Waals surface area contributed by atoms with Crippen LogP contribution >= 0.6 is 68.9 Å². The van der Waals surface area contributed by atoms with E-state index in [4.69, 9.17) is 56.7 Å². The van der Waals surface area contributed by atoms with E-state index in [-0.39, 0.29) is 17.5 Å². The molecule has 0 aliphatic rings. The number of hydroxylamine groups is 2. The van der Waals surface area contributed by atoms with Crippen molar-refractivity contribution in [1.82, 2.24) is 81.4 Å². The van der Waals surface area contributed by atoms with Gasteiger partial charge < -0.3 is 40.1 Å². The Hall–Kier alpha value is -12.8. The van der Waals surface area contributed by atoms with Crippen molar-refractivity contribution in [2.24, 2.45) is 5.73 Å². The average Bonchev–Trinajstić information content (AvgIpc) is 1.69. The lowest BCUT2D eigenvalue weighted by Gasteiger charge is -2.12. The number of benzene rings is 6. The van der Waals surface area contributed by atoms with Gasteiger partial charge in [-0.1, -0.05) is 215 Å². The van der Waals surface area contributed by atoms with Crippen molar-refractivity contribution in [2.75, 3.05) is 55.2 Å². The largest absolute Gasteiger partial charge is 0.461 e. The third-order valence-corrected chi connectivity index (χ3v) is 23.5. The van der Waals surface area contributed by atoms with Crippen LogP contribution in [0.3, 0.4) is 0 Å². The van der Waals surface area contributed by atoms with Gasteiger partial charge >= 0.3 is 18.0 Å². The number of aromatic amines is 4. The third kappa shape index (κ3) is 25.7. The van der Waals surface area contributed by atoms with Crippen LogP contribution in [-0.2, 0) is 67.5 Å². The Morgan fingerprint density at radius 3 is 1.16 bits per heavy atom. The number of aryl methyl sites for hydroxylation is 3. The molecule has 0 unspecified atom stereocenters. The fourth-order valence-corrected chi connectivity index (χ4v) is 17.0. The Kier molecular flexibility index (Phi) is 35.7. The maximum absolute atomic E-state index is 12.2. The summed E-state index contributed by atoms with van der Waals surface area (Å²) in [5, 5.41) is 39.4. The van der Waals surface area contributed by atoms with Gasteiger partial charge in [0.2, 0.25) is 0 Å². The summed E-state index contributed by atoms with van der Waals surface area (Å²) in [6, 6.07) is 66.6. The van der Waals surface area contributed by atoms with Gasteiger partial charge in [-0.15, -0.1) is 56.7 Å². The molecule has 0 spiro atoms. The average molecular weight is 1770 g/mol. The van der Waals surface area contributed by atoms with E-state index in [9.17, 15) is 24.0 Å². The lowest BCUT2D eigenvalue weighted by atomic mass is 10.2. The van der Waals surface area contributed by atoms with E-state index in [1.807, 2.05) is 171 Å². The number of rotatable bonds is 27. The summed E-state index contributed by atoms with van der Waals surface area (Å²) in [6.07, 6.45) is 2.01. The smallest absolute Gasteiger partial charge is 0.407 e. The molecule has 15 aromatic rings. The van der Waals surface area contributed by atoms with Crippen molar-refractivity contribution in [3.05, 3.63) is 268 Å². The number of esters is 2. The number of carbonyl (C=O) groups excluding carboxylic acids is 5. The number of hydrogen-bond donors (Lipinski definition) is 7. The molecule has 123 heavy (non-hydrogen) atoms. The Morgan fingerprint density at radius 2 is 0.789 bits per heavy atom. The number of carbonyl (C=O) groups is 5. The molecule has 0 saturated heterocycles. The second-order valence-electron chi connectivity index (χ2n) is 25.9. The van der Waals surface area contributed by atoms with E-state index < -0.39 is 18.0 Å². The minimum absolute atomic E-state index is 0.166. The summed E-state index contributed by atoms with van der Waals surface area (Å²) in [7, 11) is 7.57. The Bertz CT molecular complexity index is 5710. The molecular formula is C89H93N17O11S6. The van der Waals surface area contributed by atoms with Crippen LogP contribution in [0.25, 0.3) is 95.1 Å². The van der Waals surface area contributed by atoms with Crippen LogP contribution in [0.4, 0.5) is 4.79 Å². The highest BCUT2D eigenvalue weighted by Crippen LogP contribution is 2.40. The molecule has 6 aromatic carbocycles. The second kappa shape index (κ2) is 47.4. The van der Waals surface area contributed by atoms with Gasteiger partial charge in [0.1, 0.15) is 40.6 Å². The zero-order valence-corrected chi connectivity index (χ0v) is 74.4. The lowest BCUT2D eigenvalue weighted by molar-refractivity contribution is -0.0755. The van der Waals surface area contributed by atoms with Crippen LogP contribution < -0.4 is 16.4 Å². The number of ether oxygens (including phenoxy) is 5. The molecule has 34 heteroatoms. The van der Waals surface area contributed by atoms with Crippen molar-refractivity contribution in [3.63, 3.8) is 0 Å². The number of nitrogens with two attached hydrogens (primary N) is 1. The third-order valence-electron chi connectivity index (χ3n) is 17.4. The molecular weight excluding hydrogens is 1680 g/mol. The number of alkyl carbamates (subject to hydrolysis) is 1. The lowest BCUT2D eigenvalue weighted by Crippen LogP contribution is -2.25. The minimum atomic E-state index is -0.468. The summed E-state index contributed by atoms with van der Waals surface area (Å²) in [5.74, 6) is -1.25. The fourth-order valence-electron chi connectivity index (χ4n) is 11.4. The number of aromatic nitrogens is 13. The van der Waals surface area contributed by atoms with Gasteiger partial charge in [0, 0.05) is 61.2 Å². The SMILES string of the molecule is CCNC(=O)c1cc(-c2sc(-c3ccccc3)nc2CC)[nH]n1.CCOC(=O)c1cc(-c2sc(-c3ccccc3)nc2CC)[nH]n1.CCOC(=O)c1cc(-c2sc(-c3ccccc3)nc2COC)[nH]n1.CCc1nc(-c2ccccc2)sc1-c1cc(CNC(=O)OC)[nH]n1.COCc1nc(-c2ccccc2)sc1C(=O)N(C)OC.NC(=S)c1ccccc1. The molecule has 636 valence electrons. The number of methoxy groups -OCH3 is 3. The number of thiocarbonyl (C=S) groups is 1. The molecule has 15 rings (SSSR count). The maximum Gasteiger partial charge on any atom is 0.407 e. The van der Waals surface area contributed by atoms with Crippen LogP contribution in [0, 0.1) is 0 Å². The standard InChI is InChI=1S/C17H18N4O2S.C17H18N4OS.C17H17N3O3S.C17H17N3O2S.C14H16N2O3S.C7H7NS/c1-3-13-15(24-16(19-13)11-7-5-4-6-8-11)14-9-12(20-21-14)10-18-17(22)23-2;1-3-12-15(13-10-14(21-20-13)16(22)18-4-2)23-17(19-12)11-8-6-5-7-9-11;1-3-23-17(21)13-9-12(19-20-13)15-14(10-22-2)18-16(24-15)11-7-5-4-6-8-11;1-3-12-15(13-10-14(20-19-13)17(21)22-4-2)23-16(18-12)11-8-6-5-7-9-11;1-16(19-3)14(17)12-11(9-18-2)15-13(20-12)10-7-5-4-6-8-10;8-7(9)6-4-2-1-3-5-6/h4-9H,3,10H2,1-2H3,(H,18,22)(H,20,21);5-10H,3-4H2,1-2H3,(H,18,22)(H,20,21);4-9H,3,10H2,1-2H3,(H,19,20);5-10H,3-4H2,1-2H3,(H,19,20);4-8H,9H2,1-3H3;1-5H,(H2,8,9). The van der Waals surface area contributed by atoms with Crippen molar-refractivity contribution in [1.29, 1.82) is 0 Å². The topological polar surface area (TPSA) is 373 Å². The molecule has 9 heterocycles. The predicted molar refractivity (Wildman–Crippen MR) is 488 cm³/mol. The van der Waals surface area contributed by atoms with E-state index in [0.717, 1.165) is 148 Å². The van der Waals surface area contributed by atoms with E-state index in [1.54, 1.807) is 87.3 Å². The van der Waals surface area contributed by atoms with Gasteiger partial charge in [-0.3, -0.25) is 34.8 Å². The van der Waals surface area contributed by atoms with Gasteiger partial charge in [0.05, 0.1) is 118 Å². The molecule has 0 fully saturated rings. The zero-order chi connectivity index (χ0) is 87.6. The van der Waals surface area contributed by atoms with E-state index in [1.165, 1.54) is 42.0 Å². The van der Waals surface area contributed by atoms with E-state index >= 15 is 0 Å². The summed E-state index contributed by atoms with van der Waals surface area (Å²) in [6.45, 7) is 13.9. The van der Waals surface area contributed by atoms with Crippen LogP contribution in [0.2, 0.25) is 0 Å². The molecule has 28 nitrogen and oxygen atoms in total. The summed E-state index contributed by atoms with van der Waals surface area (Å²) in [5.41, 5.74) is 21.0. The monoisotopic (exact) mass is 1770 g/mol. The fraction of sp³-hybridized carbons (Fsp3) is 0.225. The van der Waals surface area contributed by atoms with Gasteiger partial charge in [0.15, 0.2) is 17.1 Å². The number of thiazole rings is 5. The molecule has 3 amide bonds. The molecule has 0 saturated carbocycles. The van der Waals surface area contributed by atoms with Crippen molar-refractivity contribution in [2.45, 2.75) is 80.6 Å². The van der Waals surface area contributed by atoms with E-state index in [0.29, 0.717) is 66.5 Å². The quantitative estimate of drug-likeness (QED) is 0.0109. The molecule has 8 N–H and O–H groups in total. The Balaban J connectivity index is 0.000000157. The van der Waals surface area contributed by atoms with Crippen molar-refractivity contribution < 1.29 is 52.5 Å². The highest BCUT2D eigenvalue weighted by Gasteiger charge is 2.25. The van der Waals surface area contributed by atoms with Gasteiger partial charge in [-0.05, 0) is 64.3 Å². The number of amides is 3. The molecule has 0 bridgehead atoms. The number of nitrogens with zero attached hydrogens (tertiary/aromatic N) is 10. The zero-order valence-electron chi connectivity index (χ0n) is 69.5. The van der Waals surface area contributed by atoms with Gasteiger partial charge in [-0.25, -0.2) is 44.4 Å². The van der Waals surface area contributed by atoms with E-state index in [2.05, 4.69) is 111 Å². The van der Waals surface area contributed by atoms with Crippen LogP contribution in [0.1, 0.15) is 122 Å². The molecule has 9 aromatic heterocycles. The number of H-pyrrole nitrogens is 4. The maximum atomic E-state index is 12.2. The van der Waals surface area contributed by atoms with Gasteiger partial charge in [-0.2, -0.15) is 20.4 Å². The Labute approximate surface area is 737 Å². The normalized spacial score (nSPS) is 10.5. The molecule has 0 aliphatic carbocycles. The van der Waals surface area contributed by atoms with Crippen LogP contribution in [0.15, 0.2) is 206 Å². The Morgan fingerprint density at radius 1 is 0.431 bits per heavy atom. The van der Waals surface area contributed by atoms with Crippen LogP contribution in [0.5, 0.6) is 0 Å². The highest BCUT2D eigenvalue weighted by molar-refractivity contribution is 7.80. The summed E-state index contributed by atoms with van der Waals surface area (Å²) < 4.78 is 24.9. The predicted octanol–water partition coefficient (Wildman–Crippen LogP) is 18.5. The first kappa shape index (κ1) is 92.5. The highest BCUT2D eigenvalue weighted by atomic mass is 32.1. The van der Waals surface area contributed by atoms with Crippen molar-refractivity contribution >= 4 is 104 Å². The first-order valence-electron chi connectivity index (χ1n) is 38.9. The minimum Gasteiger partial charge on any atom is -0.461 e. The first-order valence-corrected chi connectivity index (χ1v) is 43.4. The van der Waals surface area contributed by atoms with Gasteiger partial charge in [0.25, 0.3) is 11.8 Å². The number of nitrogens with one attached hydrogen (secondary N) is 6. The number of hydrogen-bond acceptors (Lipinski definition) is 26. The first-order chi connectivity index (χ1) is 59.9. The molecule has 0 radical (unpaired) electrons. The molecule has 0 atom stereocenters. The van der Waals surface area contributed by atoms with Crippen molar-refractivity contribution in [3.8, 4) is 95.1 Å². The molecule has 0 aliphatic heterocycles.